The summed E-state index contributed by atoms with van der Waals surface area (Å²) in [5.41, 5.74) is -1.15. The highest BCUT2D eigenvalue weighted by atomic mass is 35.5. The van der Waals surface area contributed by atoms with E-state index in [0.29, 0.717) is 0 Å². The van der Waals surface area contributed by atoms with Gasteiger partial charge in [-0.25, -0.2) is 0 Å². The van der Waals surface area contributed by atoms with Gasteiger partial charge in [0.2, 0.25) is 0 Å². The fourth-order valence-corrected chi connectivity index (χ4v) is 1.26. The number of H-pyrrole nitrogens is 1. The van der Waals surface area contributed by atoms with Gasteiger partial charge in [-0.2, -0.15) is 0 Å². The number of rotatable bonds is 4. The molecule has 1 heterocycles. The maximum atomic E-state index is 11.5. The molecule has 0 fully saturated rings. The van der Waals surface area contributed by atoms with Crippen LogP contribution in [0.5, 0.6) is 0 Å². The number of amides is 1. The van der Waals surface area contributed by atoms with Crippen molar-refractivity contribution in [2.24, 2.45) is 0 Å². The first-order chi connectivity index (χ1) is 7.35. The lowest BCUT2D eigenvalue weighted by atomic mass is 10.1. The molecule has 0 aliphatic carbocycles. The molecule has 0 bridgehead atoms. The summed E-state index contributed by atoms with van der Waals surface area (Å²) >= 11 is 11.3. The van der Waals surface area contributed by atoms with Crippen molar-refractivity contribution < 1.29 is 15.0 Å². The van der Waals surface area contributed by atoms with Crippen LogP contribution in [0.25, 0.3) is 0 Å². The monoisotopic (exact) mass is 266 g/mol. The molecule has 4 N–H and O–H groups in total. The number of aromatic nitrogens is 1. The van der Waals surface area contributed by atoms with Gasteiger partial charge in [-0.15, -0.1) is 0 Å². The molecular weight excluding hydrogens is 255 g/mol. The van der Waals surface area contributed by atoms with Crippen LogP contribution in [-0.2, 0) is 0 Å². The summed E-state index contributed by atoms with van der Waals surface area (Å²) < 4.78 is 0. The molecule has 90 valence electrons. The highest BCUT2D eigenvalue weighted by Gasteiger charge is 2.21. The molecule has 16 heavy (non-hydrogen) atoms. The minimum atomic E-state index is -1.35. The number of halogens is 2. The lowest BCUT2D eigenvalue weighted by Gasteiger charge is -2.20. The number of hydrogen-bond acceptors (Lipinski definition) is 3. The number of nitrogens with one attached hydrogen (secondary N) is 2. The topological polar surface area (TPSA) is 85.3 Å². The first-order valence-electron chi connectivity index (χ1n) is 4.51. The van der Waals surface area contributed by atoms with Crippen LogP contribution in [-0.4, -0.2) is 39.9 Å². The Labute approximate surface area is 102 Å². The van der Waals surface area contributed by atoms with E-state index in [-0.39, 0.29) is 22.4 Å². The average molecular weight is 267 g/mol. The summed E-state index contributed by atoms with van der Waals surface area (Å²) in [5, 5.41) is 21.1. The molecule has 0 aliphatic heterocycles. The zero-order valence-corrected chi connectivity index (χ0v) is 10.1. The maximum absolute atomic E-state index is 11.5. The third-order valence-corrected chi connectivity index (χ3v) is 2.63. The van der Waals surface area contributed by atoms with Crippen molar-refractivity contribution in [1.29, 1.82) is 0 Å². The first-order valence-corrected chi connectivity index (χ1v) is 5.27. The Balaban J connectivity index is 2.60. The van der Waals surface area contributed by atoms with Crippen LogP contribution in [0.15, 0.2) is 6.07 Å². The summed E-state index contributed by atoms with van der Waals surface area (Å²) in [6, 6.07) is 1.38. The molecule has 0 aliphatic rings. The quantitative estimate of drug-likeness (QED) is 0.650. The van der Waals surface area contributed by atoms with Crippen LogP contribution >= 0.6 is 23.2 Å². The average Bonchev–Trinajstić information content (AvgIpc) is 2.56. The normalized spacial score (nSPS) is 14.6. The Morgan fingerprint density at radius 2 is 2.25 bits per heavy atom. The fourth-order valence-electron chi connectivity index (χ4n) is 0.948. The van der Waals surface area contributed by atoms with E-state index in [4.69, 9.17) is 28.3 Å². The zero-order chi connectivity index (χ0) is 12.3. The number of aliphatic hydroxyl groups is 2. The van der Waals surface area contributed by atoms with Crippen LogP contribution in [0.2, 0.25) is 10.2 Å². The Morgan fingerprint density at radius 1 is 1.62 bits per heavy atom. The van der Waals surface area contributed by atoms with Crippen molar-refractivity contribution in [3.8, 4) is 0 Å². The predicted molar refractivity (Wildman–Crippen MR) is 60.9 cm³/mol. The van der Waals surface area contributed by atoms with Crippen LogP contribution in [0.4, 0.5) is 0 Å². The van der Waals surface area contributed by atoms with Gasteiger partial charge in [0.15, 0.2) is 0 Å². The van der Waals surface area contributed by atoms with Crippen molar-refractivity contribution in [3.63, 3.8) is 0 Å². The van der Waals surface area contributed by atoms with Crippen LogP contribution in [0.1, 0.15) is 17.4 Å². The van der Waals surface area contributed by atoms with Gasteiger partial charge in [-0.1, -0.05) is 23.2 Å². The molecule has 1 atom stereocenters. The lowest BCUT2D eigenvalue weighted by Crippen LogP contribution is -2.43. The van der Waals surface area contributed by atoms with Crippen LogP contribution < -0.4 is 5.32 Å². The fraction of sp³-hybridized carbons (Fsp3) is 0.444. The molecule has 1 unspecified atom stereocenters. The highest BCUT2D eigenvalue weighted by Crippen LogP contribution is 2.21. The van der Waals surface area contributed by atoms with E-state index in [1.54, 1.807) is 0 Å². The van der Waals surface area contributed by atoms with Crippen molar-refractivity contribution in [2.45, 2.75) is 12.5 Å². The third-order valence-electron chi connectivity index (χ3n) is 1.94. The number of hydrogen-bond donors (Lipinski definition) is 4. The van der Waals surface area contributed by atoms with E-state index < -0.39 is 18.1 Å². The second kappa shape index (κ2) is 5.05. The smallest absolute Gasteiger partial charge is 0.267 e. The maximum Gasteiger partial charge on any atom is 0.267 e. The molecular formula is C9H12Cl2N2O3. The van der Waals surface area contributed by atoms with E-state index in [1.165, 1.54) is 13.0 Å². The molecule has 1 aromatic rings. The van der Waals surface area contributed by atoms with Crippen molar-refractivity contribution in [2.75, 3.05) is 13.2 Å². The van der Waals surface area contributed by atoms with Gasteiger partial charge in [0.25, 0.3) is 5.91 Å². The van der Waals surface area contributed by atoms with Gasteiger partial charge >= 0.3 is 0 Å². The van der Waals surface area contributed by atoms with Gasteiger partial charge < -0.3 is 20.5 Å². The van der Waals surface area contributed by atoms with Crippen molar-refractivity contribution in [1.82, 2.24) is 10.3 Å². The summed E-state index contributed by atoms with van der Waals surface area (Å²) in [7, 11) is 0. The van der Waals surface area contributed by atoms with E-state index >= 15 is 0 Å². The molecule has 0 radical (unpaired) electrons. The van der Waals surface area contributed by atoms with Crippen LogP contribution in [0.3, 0.4) is 0 Å². The summed E-state index contributed by atoms with van der Waals surface area (Å²) in [6.07, 6.45) is 0. The van der Waals surface area contributed by atoms with Crippen molar-refractivity contribution in [3.05, 3.63) is 21.9 Å². The largest absolute Gasteiger partial charge is 0.393 e. The summed E-state index contributed by atoms with van der Waals surface area (Å²) in [4.78, 5) is 14.1. The van der Waals surface area contributed by atoms with Gasteiger partial charge in [0, 0.05) is 6.54 Å². The Hall–Kier alpha value is -0.750. The Morgan fingerprint density at radius 3 is 2.69 bits per heavy atom. The Kier molecular flexibility index (Phi) is 4.21. The second-order valence-electron chi connectivity index (χ2n) is 3.68. The van der Waals surface area contributed by atoms with E-state index in [1.807, 2.05) is 0 Å². The standard InChI is InChI=1S/C9H12Cl2N2O3/c1-9(16,4-14)3-12-8(15)6-2-5(10)7(11)13-6/h2,13-14,16H,3-4H2,1H3,(H,12,15). The molecule has 1 rings (SSSR count). The molecule has 5 nitrogen and oxygen atoms in total. The number of aliphatic hydroxyl groups excluding tert-OH is 1. The number of aromatic amines is 1. The zero-order valence-electron chi connectivity index (χ0n) is 8.55. The molecule has 0 spiro atoms. The SMILES string of the molecule is CC(O)(CO)CNC(=O)c1cc(Cl)c(Cl)[nH]1. The molecule has 1 aromatic heterocycles. The van der Waals surface area contributed by atoms with Gasteiger partial charge in [0.1, 0.15) is 16.4 Å². The molecule has 7 heteroatoms. The first kappa shape index (κ1) is 13.3. The molecule has 1 amide bonds. The minimum absolute atomic E-state index is 0.0728. The van der Waals surface area contributed by atoms with Gasteiger partial charge in [-0.3, -0.25) is 4.79 Å². The summed E-state index contributed by atoms with van der Waals surface area (Å²) in [6.45, 7) is 0.887. The highest BCUT2D eigenvalue weighted by molar-refractivity contribution is 6.41. The molecule has 0 saturated carbocycles. The van der Waals surface area contributed by atoms with Crippen LogP contribution in [0, 0.1) is 0 Å². The number of carbonyl (C=O) groups is 1. The molecule has 0 aromatic carbocycles. The Bertz CT molecular complexity index is 371. The van der Waals surface area contributed by atoms with E-state index in [2.05, 4.69) is 10.3 Å². The second-order valence-corrected chi connectivity index (χ2v) is 4.47. The molecule has 0 saturated heterocycles. The minimum Gasteiger partial charge on any atom is -0.393 e. The van der Waals surface area contributed by atoms with E-state index in [9.17, 15) is 9.90 Å². The van der Waals surface area contributed by atoms with Gasteiger partial charge in [0.05, 0.1) is 11.6 Å². The third kappa shape index (κ3) is 3.38. The van der Waals surface area contributed by atoms with Gasteiger partial charge in [-0.05, 0) is 13.0 Å². The summed E-state index contributed by atoms with van der Waals surface area (Å²) in [5.74, 6) is -0.456. The van der Waals surface area contributed by atoms with Crippen molar-refractivity contribution >= 4 is 29.1 Å². The van der Waals surface area contributed by atoms with E-state index in [0.717, 1.165) is 0 Å². The number of carbonyl (C=O) groups excluding carboxylic acids is 1. The predicted octanol–water partition coefficient (Wildman–Crippen LogP) is 0.795. The lowest BCUT2D eigenvalue weighted by molar-refractivity contribution is 0.00316.